The number of nitrogens with two attached hydrogens (primary N) is 1. The summed E-state index contributed by atoms with van der Waals surface area (Å²) in [5, 5.41) is 0. The molecular weight excluding hydrogens is 148 g/mol. The molecule has 0 spiro atoms. The molecule has 2 heteroatoms. The molecule has 0 saturated carbocycles. The first kappa shape index (κ1) is 8.53. The highest BCUT2D eigenvalue weighted by atomic mass is 14.9. The largest absolute Gasteiger partial charge is 0.384 e. The van der Waals surface area contributed by atoms with Crippen LogP contribution in [0.4, 0.5) is 0 Å². The first-order valence-electron chi connectivity index (χ1n) is 3.84. The Kier molecular flexibility index (Phi) is 3.08. The van der Waals surface area contributed by atoms with E-state index < -0.39 is 0 Å². The molecule has 0 aliphatic rings. The second-order valence-electron chi connectivity index (χ2n) is 2.37. The van der Waals surface area contributed by atoms with E-state index in [1.54, 1.807) is 6.21 Å². The van der Waals surface area contributed by atoms with E-state index in [9.17, 15) is 0 Å². The van der Waals surface area contributed by atoms with Gasteiger partial charge in [-0.3, -0.25) is 0 Å². The Morgan fingerprint density at radius 3 is 2.58 bits per heavy atom. The van der Waals surface area contributed by atoms with Gasteiger partial charge < -0.3 is 5.73 Å². The van der Waals surface area contributed by atoms with Crippen LogP contribution in [0.1, 0.15) is 12.5 Å². The van der Waals surface area contributed by atoms with E-state index in [0.717, 1.165) is 5.56 Å². The molecule has 0 unspecified atom stereocenters. The molecule has 1 rings (SSSR count). The van der Waals surface area contributed by atoms with Gasteiger partial charge in [0.1, 0.15) is 5.82 Å². The van der Waals surface area contributed by atoms with Crippen LogP contribution >= 0.6 is 0 Å². The highest BCUT2D eigenvalue weighted by Crippen LogP contribution is 2.02. The Hall–Kier alpha value is -1.57. The van der Waals surface area contributed by atoms with Crippen molar-refractivity contribution in [1.29, 1.82) is 0 Å². The van der Waals surface area contributed by atoms with Crippen molar-refractivity contribution in [3.8, 4) is 0 Å². The van der Waals surface area contributed by atoms with Gasteiger partial charge in [0.15, 0.2) is 0 Å². The Bertz CT molecular complexity index is 286. The van der Waals surface area contributed by atoms with Crippen molar-refractivity contribution in [2.75, 3.05) is 0 Å². The summed E-state index contributed by atoms with van der Waals surface area (Å²) in [6.07, 6.45) is 3.51. The topological polar surface area (TPSA) is 38.4 Å². The highest BCUT2D eigenvalue weighted by Gasteiger charge is 1.85. The quantitative estimate of drug-likeness (QED) is 0.660. The maximum atomic E-state index is 5.58. The summed E-state index contributed by atoms with van der Waals surface area (Å²) >= 11 is 0. The van der Waals surface area contributed by atoms with Crippen LogP contribution in [0.15, 0.2) is 41.1 Å². The fourth-order valence-electron chi connectivity index (χ4n) is 0.906. The first-order chi connectivity index (χ1) is 5.83. The minimum atomic E-state index is 0.531. The van der Waals surface area contributed by atoms with Crippen molar-refractivity contribution in [1.82, 2.24) is 0 Å². The van der Waals surface area contributed by atoms with Gasteiger partial charge in [-0.2, -0.15) is 0 Å². The standard InChI is InChI=1S/C10H12N2/c1-2-12-10(11)8-9-6-4-3-5-7-9/h2-8H,11H2,1H3/b10-8-,12-2-. The molecule has 0 aliphatic heterocycles. The normalized spacial score (nSPS) is 12.2. The number of rotatable bonds is 2. The molecule has 0 bridgehead atoms. The summed E-state index contributed by atoms with van der Waals surface area (Å²) in [5.41, 5.74) is 6.65. The van der Waals surface area contributed by atoms with Crippen LogP contribution in [0.2, 0.25) is 0 Å². The second kappa shape index (κ2) is 4.34. The lowest BCUT2D eigenvalue weighted by Crippen LogP contribution is -1.92. The third kappa shape index (κ3) is 2.58. The van der Waals surface area contributed by atoms with Crippen LogP contribution in [0.25, 0.3) is 6.08 Å². The molecule has 1 aromatic rings. The van der Waals surface area contributed by atoms with E-state index in [-0.39, 0.29) is 0 Å². The molecule has 62 valence electrons. The van der Waals surface area contributed by atoms with Gasteiger partial charge in [-0.25, -0.2) is 4.99 Å². The summed E-state index contributed by atoms with van der Waals surface area (Å²) in [6, 6.07) is 9.87. The monoisotopic (exact) mass is 160 g/mol. The van der Waals surface area contributed by atoms with E-state index in [4.69, 9.17) is 5.73 Å². The Labute approximate surface area is 72.4 Å². The van der Waals surface area contributed by atoms with Gasteiger partial charge >= 0.3 is 0 Å². The van der Waals surface area contributed by atoms with Crippen molar-refractivity contribution in [3.05, 3.63) is 41.7 Å². The van der Waals surface area contributed by atoms with Gasteiger partial charge in [0, 0.05) is 6.21 Å². The zero-order chi connectivity index (χ0) is 8.81. The van der Waals surface area contributed by atoms with Crippen molar-refractivity contribution in [2.45, 2.75) is 6.92 Å². The third-order valence-corrected chi connectivity index (χ3v) is 1.39. The Balaban J connectivity index is 2.81. The summed E-state index contributed by atoms with van der Waals surface area (Å²) in [7, 11) is 0. The predicted molar refractivity (Wildman–Crippen MR) is 52.8 cm³/mol. The predicted octanol–water partition coefficient (Wildman–Crippen LogP) is 2.03. The van der Waals surface area contributed by atoms with E-state index in [1.807, 2.05) is 43.3 Å². The fourth-order valence-corrected chi connectivity index (χ4v) is 0.906. The highest BCUT2D eigenvalue weighted by molar-refractivity contribution is 5.59. The van der Waals surface area contributed by atoms with Crippen LogP contribution in [-0.4, -0.2) is 6.21 Å². The first-order valence-corrected chi connectivity index (χ1v) is 3.84. The summed E-state index contributed by atoms with van der Waals surface area (Å²) in [6.45, 7) is 1.84. The molecule has 0 aliphatic carbocycles. The SMILES string of the molecule is C/C=N\C(N)=C/c1ccccc1. The van der Waals surface area contributed by atoms with Gasteiger partial charge in [0.2, 0.25) is 0 Å². The lowest BCUT2D eigenvalue weighted by atomic mass is 10.2. The summed E-state index contributed by atoms with van der Waals surface area (Å²) < 4.78 is 0. The van der Waals surface area contributed by atoms with E-state index >= 15 is 0 Å². The Morgan fingerprint density at radius 2 is 2.00 bits per heavy atom. The van der Waals surface area contributed by atoms with Gasteiger partial charge in [-0.15, -0.1) is 0 Å². The number of aliphatic imine (C=N–C) groups is 1. The van der Waals surface area contributed by atoms with Crippen molar-refractivity contribution in [2.24, 2.45) is 10.7 Å². The van der Waals surface area contributed by atoms with Crippen molar-refractivity contribution >= 4 is 12.3 Å². The van der Waals surface area contributed by atoms with Gasteiger partial charge in [0.25, 0.3) is 0 Å². The number of hydrogen-bond donors (Lipinski definition) is 1. The van der Waals surface area contributed by atoms with Crippen LogP contribution in [0.5, 0.6) is 0 Å². The van der Waals surface area contributed by atoms with Gasteiger partial charge in [-0.05, 0) is 18.6 Å². The lowest BCUT2D eigenvalue weighted by Gasteiger charge is -1.93. The molecule has 1 aromatic carbocycles. The van der Waals surface area contributed by atoms with E-state index in [0.29, 0.717) is 5.82 Å². The molecule has 12 heavy (non-hydrogen) atoms. The van der Waals surface area contributed by atoms with Crippen molar-refractivity contribution in [3.63, 3.8) is 0 Å². The van der Waals surface area contributed by atoms with Crippen LogP contribution in [0.3, 0.4) is 0 Å². The Morgan fingerprint density at radius 1 is 1.33 bits per heavy atom. The van der Waals surface area contributed by atoms with Crippen LogP contribution in [0, 0.1) is 0 Å². The molecular formula is C10H12N2. The number of benzene rings is 1. The second-order valence-corrected chi connectivity index (χ2v) is 2.37. The smallest absolute Gasteiger partial charge is 0.123 e. The summed E-state index contributed by atoms with van der Waals surface area (Å²) in [4.78, 5) is 3.93. The van der Waals surface area contributed by atoms with Gasteiger partial charge in [0.05, 0.1) is 0 Å². The molecule has 0 radical (unpaired) electrons. The zero-order valence-corrected chi connectivity index (χ0v) is 7.07. The average molecular weight is 160 g/mol. The molecule has 0 amide bonds. The summed E-state index contributed by atoms with van der Waals surface area (Å²) in [5.74, 6) is 0.531. The van der Waals surface area contributed by atoms with E-state index in [1.165, 1.54) is 0 Å². The lowest BCUT2D eigenvalue weighted by molar-refractivity contribution is 1.27. The molecule has 2 N–H and O–H groups in total. The molecule has 0 fully saturated rings. The average Bonchev–Trinajstić information content (AvgIpc) is 2.06. The zero-order valence-electron chi connectivity index (χ0n) is 7.07. The number of hydrogen-bond acceptors (Lipinski definition) is 2. The van der Waals surface area contributed by atoms with Crippen molar-refractivity contribution < 1.29 is 0 Å². The molecule has 0 heterocycles. The van der Waals surface area contributed by atoms with Crippen LogP contribution < -0.4 is 5.73 Å². The van der Waals surface area contributed by atoms with Gasteiger partial charge in [-0.1, -0.05) is 30.3 Å². The maximum absolute atomic E-state index is 5.58. The minimum absolute atomic E-state index is 0.531. The molecule has 2 nitrogen and oxygen atoms in total. The molecule has 0 atom stereocenters. The third-order valence-electron chi connectivity index (χ3n) is 1.39. The number of nitrogens with zero attached hydrogens (tertiary/aromatic N) is 1. The fraction of sp³-hybridized carbons (Fsp3) is 0.100. The molecule has 0 aromatic heterocycles. The maximum Gasteiger partial charge on any atom is 0.123 e. The van der Waals surface area contributed by atoms with Crippen LogP contribution in [-0.2, 0) is 0 Å². The molecule has 0 saturated heterocycles. The minimum Gasteiger partial charge on any atom is -0.384 e. The van der Waals surface area contributed by atoms with E-state index in [2.05, 4.69) is 4.99 Å².